The number of nitrogens with zero attached hydrogens (tertiary/aromatic N) is 2. The topological polar surface area (TPSA) is 46.9 Å². The fourth-order valence-electron chi connectivity index (χ4n) is 2.42. The maximum Gasteiger partial charge on any atom is 0.226 e. The lowest BCUT2D eigenvalue weighted by molar-refractivity contribution is -0.120. The van der Waals surface area contributed by atoms with Crippen molar-refractivity contribution in [1.82, 2.24) is 14.9 Å². The van der Waals surface area contributed by atoms with Gasteiger partial charge in [-0.15, -0.1) is 11.3 Å². The predicted molar refractivity (Wildman–Crippen MR) is 87.6 cm³/mol. The van der Waals surface area contributed by atoms with Crippen molar-refractivity contribution in [3.8, 4) is 0 Å². The Hall–Kier alpha value is -2.47. The van der Waals surface area contributed by atoms with Crippen molar-refractivity contribution in [1.29, 1.82) is 0 Å². The van der Waals surface area contributed by atoms with Crippen molar-refractivity contribution in [3.05, 3.63) is 76.3 Å². The molecular weight excluding hydrogens is 313 g/mol. The Kier molecular flexibility index (Phi) is 4.52. The third-order valence-electron chi connectivity index (χ3n) is 3.52. The summed E-state index contributed by atoms with van der Waals surface area (Å²) in [6, 6.07) is 9.56. The summed E-state index contributed by atoms with van der Waals surface area (Å²) in [6.07, 6.45) is 3.76. The van der Waals surface area contributed by atoms with E-state index in [0.29, 0.717) is 17.8 Å². The summed E-state index contributed by atoms with van der Waals surface area (Å²) in [5.41, 5.74) is 0.666. The molecule has 0 aliphatic carbocycles. The van der Waals surface area contributed by atoms with E-state index in [9.17, 15) is 9.18 Å². The van der Waals surface area contributed by atoms with Crippen molar-refractivity contribution >= 4 is 17.2 Å². The summed E-state index contributed by atoms with van der Waals surface area (Å²) in [7, 11) is 1.85. The number of thiophene rings is 1. The molecule has 4 nitrogen and oxygen atoms in total. The van der Waals surface area contributed by atoms with Crippen LogP contribution in [0.25, 0.3) is 0 Å². The highest BCUT2D eigenvalue weighted by molar-refractivity contribution is 7.10. The van der Waals surface area contributed by atoms with E-state index in [1.807, 2.05) is 29.1 Å². The largest absolute Gasteiger partial charge is 0.342 e. The zero-order valence-electron chi connectivity index (χ0n) is 12.6. The van der Waals surface area contributed by atoms with Crippen molar-refractivity contribution in [2.75, 3.05) is 0 Å². The maximum atomic E-state index is 13.6. The van der Waals surface area contributed by atoms with Crippen molar-refractivity contribution in [2.45, 2.75) is 12.5 Å². The predicted octanol–water partition coefficient (Wildman–Crippen LogP) is 3.07. The molecule has 1 N–H and O–H groups in total. The Bertz CT molecular complexity index is 798. The van der Waals surface area contributed by atoms with E-state index in [0.717, 1.165) is 4.88 Å². The first-order valence-corrected chi connectivity index (χ1v) is 8.06. The molecule has 0 unspecified atom stereocenters. The van der Waals surface area contributed by atoms with Gasteiger partial charge in [0.25, 0.3) is 0 Å². The third-order valence-corrected chi connectivity index (χ3v) is 4.40. The Morgan fingerprint density at radius 3 is 2.91 bits per heavy atom. The molecule has 0 aliphatic rings. The summed E-state index contributed by atoms with van der Waals surface area (Å²) in [5.74, 6) is 0.203. The molecule has 6 heteroatoms. The molecule has 0 aliphatic heterocycles. The lowest BCUT2D eigenvalue weighted by Crippen LogP contribution is -2.32. The van der Waals surface area contributed by atoms with Crippen LogP contribution >= 0.6 is 11.3 Å². The number of benzene rings is 1. The smallest absolute Gasteiger partial charge is 0.226 e. The summed E-state index contributed by atoms with van der Waals surface area (Å²) in [4.78, 5) is 17.6. The van der Waals surface area contributed by atoms with Crippen LogP contribution in [0.1, 0.15) is 22.3 Å². The van der Waals surface area contributed by atoms with E-state index in [1.54, 1.807) is 24.5 Å². The number of imidazole rings is 1. The summed E-state index contributed by atoms with van der Waals surface area (Å²) >= 11 is 1.54. The normalized spacial score (nSPS) is 12.1. The standard InChI is InChI=1S/C17H16FN3OS/c1-21-8-7-19-17(21)16(12-4-2-5-13(18)10-12)20-15(22)11-14-6-3-9-23-14/h2-10,16H,11H2,1H3,(H,20,22)/t16-/m1/s1. The first kappa shape index (κ1) is 15.4. The molecule has 1 amide bonds. The molecule has 1 aromatic carbocycles. The quantitative estimate of drug-likeness (QED) is 0.782. The lowest BCUT2D eigenvalue weighted by Gasteiger charge is -2.19. The Labute approximate surface area is 137 Å². The van der Waals surface area contributed by atoms with Crippen LogP contribution in [0.5, 0.6) is 0 Å². The zero-order valence-corrected chi connectivity index (χ0v) is 13.4. The molecule has 3 rings (SSSR count). The SMILES string of the molecule is Cn1ccnc1[C@H](NC(=O)Cc1cccs1)c1cccc(F)c1. The maximum absolute atomic E-state index is 13.6. The highest BCUT2D eigenvalue weighted by Crippen LogP contribution is 2.21. The minimum absolute atomic E-state index is 0.121. The second kappa shape index (κ2) is 6.75. The minimum atomic E-state index is -0.488. The van der Waals surface area contributed by atoms with Gasteiger partial charge in [0.1, 0.15) is 17.7 Å². The van der Waals surface area contributed by atoms with Crippen molar-refractivity contribution in [3.63, 3.8) is 0 Å². The second-order valence-corrected chi connectivity index (χ2v) is 6.24. The molecule has 0 saturated carbocycles. The fourth-order valence-corrected chi connectivity index (χ4v) is 3.13. The highest BCUT2D eigenvalue weighted by Gasteiger charge is 2.21. The first-order valence-electron chi connectivity index (χ1n) is 7.18. The number of hydrogen-bond acceptors (Lipinski definition) is 3. The average molecular weight is 329 g/mol. The Morgan fingerprint density at radius 2 is 2.26 bits per heavy atom. The number of carbonyl (C=O) groups excluding carboxylic acids is 1. The molecule has 118 valence electrons. The summed E-state index contributed by atoms with van der Waals surface area (Å²) in [5, 5.41) is 4.90. The number of aryl methyl sites for hydroxylation is 1. The van der Waals surface area contributed by atoms with Gasteiger partial charge in [-0.25, -0.2) is 9.37 Å². The molecule has 0 radical (unpaired) electrons. The summed E-state index contributed by atoms with van der Waals surface area (Å²) in [6.45, 7) is 0. The number of rotatable bonds is 5. The van der Waals surface area contributed by atoms with E-state index in [-0.39, 0.29) is 11.7 Å². The van der Waals surface area contributed by atoms with Gasteiger partial charge in [-0.2, -0.15) is 0 Å². The molecule has 0 fully saturated rings. The number of carbonyl (C=O) groups is 1. The molecule has 0 bridgehead atoms. The van der Waals surface area contributed by atoms with Gasteiger partial charge < -0.3 is 9.88 Å². The molecule has 0 saturated heterocycles. The fraction of sp³-hybridized carbons (Fsp3) is 0.176. The molecule has 2 aromatic heterocycles. The van der Waals surface area contributed by atoms with Gasteiger partial charge in [-0.05, 0) is 29.1 Å². The van der Waals surface area contributed by atoms with E-state index in [4.69, 9.17) is 0 Å². The number of halogens is 1. The van der Waals surface area contributed by atoms with Gasteiger partial charge in [0, 0.05) is 24.3 Å². The lowest BCUT2D eigenvalue weighted by atomic mass is 10.1. The molecule has 3 aromatic rings. The van der Waals surface area contributed by atoms with Gasteiger partial charge >= 0.3 is 0 Å². The molecule has 1 atom stereocenters. The Balaban J connectivity index is 1.86. The van der Waals surface area contributed by atoms with Crippen LogP contribution in [0.3, 0.4) is 0 Å². The Morgan fingerprint density at radius 1 is 1.39 bits per heavy atom. The summed E-state index contributed by atoms with van der Waals surface area (Å²) < 4.78 is 15.4. The van der Waals surface area contributed by atoms with Crippen LogP contribution in [0.4, 0.5) is 4.39 Å². The monoisotopic (exact) mass is 329 g/mol. The van der Waals surface area contributed by atoms with Gasteiger partial charge in [0.05, 0.1) is 6.42 Å². The third kappa shape index (κ3) is 3.65. The van der Waals surface area contributed by atoms with Crippen molar-refractivity contribution in [2.24, 2.45) is 7.05 Å². The number of aromatic nitrogens is 2. The van der Waals surface area contributed by atoms with Crippen LogP contribution in [0, 0.1) is 5.82 Å². The first-order chi connectivity index (χ1) is 11.1. The van der Waals surface area contributed by atoms with Gasteiger partial charge in [0.15, 0.2) is 0 Å². The van der Waals surface area contributed by atoms with Crippen LogP contribution < -0.4 is 5.32 Å². The minimum Gasteiger partial charge on any atom is -0.342 e. The van der Waals surface area contributed by atoms with E-state index in [1.165, 1.54) is 23.5 Å². The van der Waals surface area contributed by atoms with E-state index < -0.39 is 6.04 Å². The highest BCUT2D eigenvalue weighted by atomic mass is 32.1. The van der Waals surface area contributed by atoms with Crippen LogP contribution in [0.15, 0.2) is 54.2 Å². The number of nitrogens with one attached hydrogen (secondary N) is 1. The van der Waals surface area contributed by atoms with Gasteiger partial charge in [0.2, 0.25) is 5.91 Å². The van der Waals surface area contributed by atoms with Crippen molar-refractivity contribution < 1.29 is 9.18 Å². The van der Waals surface area contributed by atoms with E-state index in [2.05, 4.69) is 10.3 Å². The molecule has 23 heavy (non-hydrogen) atoms. The molecular formula is C17H16FN3OS. The number of hydrogen-bond donors (Lipinski definition) is 1. The van der Waals surface area contributed by atoms with Crippen LogP contribution in [-0.2, 0) is 18.3 Å². The van der Waals surface area contributed by atoms with Crippen LogP contribution in [-0.4, -0.2) is 15.5 Å². The molecule has 0 spiro atoms. The average Bonchev–Trinajstić information content (AvgIpc) is 3.16. The van der Waals surface area contributed by atoms with Gasteiger partial charge in [-0.3, -0.25) is 4.79 Å². The van der Waals surface area contributed by atoms with Gasteiger partial charge in [-0.1, -0.05) is 18.2 Å². The zero-order chi connectivity index (χ0) is 16.2. The molecule has 2 heterocycles. The van der Waals surface area contributed by atoms with Crippen LogP contribution in [0.2, 0.25) is 0 Å². The second-order valence-electron chi connectivity index (χ2n) is 5.21. The van der Waals surface area contributed by atoms with E-state index >= 15 is 0 Å². The number of amides is 1.